The molecule has 3 aromatic rings. The number of piperidine rings is 1. The van der Waals surface area contributed by atoms with Crippen LogP contribution in [0.15, 0.2) is 47.4 Å². The van der Waals surface area contributed by atoms with Gasteiger partial charge in [0.15, 0.2) is 0 Å². The van der Waals surface area contributed by atoms with Crippen LogP contribution in [0.25, 0.3) is 11.0 Å². The van der Waals surface area contributed by atoms with Crippen molar-refractivity contribution in [1.82, 2.24) is 24.6 Å². The standard InChI is InChI=1S/C23H29N5O5S/c1-32-13-12-27-21-10-9-19(15-20(21)25-26-27)34(30,31)28-11-4-3-8-22(28)23(29)24-16-17-6-5-7-18(14-17)33-2/h5-7,9-10,14-15,22H,3-4,8,11-13,16H2,1-2H3,(H,24,29)/t22-/m0/s1. The van der Waals surface area contributed by atoms with Crippen LogP contribution in [0.4, 0.5) is 0 Å². The van der Waals surface area contributed by atoms with E-state index < -0.39 is 16.1 Å². The van der Waals surface area contributed by atoms with Crippen LogP contribution >= 0.6 is 0 Å². The molecule has 182 valence electrons. The van der Waals surface area contributed by atoms with Gasteiger partial charge in [-0.3, -0.25) is 4.79 Å². The molecule has 0 radical (unpaired) electrons. The Hall–Kier alpha value is -3.02. The maximum Gasteiger partial charge on any atom is 0.243 e. The Morgan fingerprint density at radius 2 is 2.03 bits per heavy atom. The van der Waals surface area contributed by atoms with E-state index in [0.29, 0.717) is 37.3 Å². The first-order chi connectivity index (χ1) is 16.4. The van der Waals surface area contributed by atoms with Crippen LogP contribution in [-0.2, 0) is 32.6 Å². The Morgan fingerprint density at radius 1 is 1.18 bits per heavy atom. The van der Waals surface area contributed by atoms with Crippen molar-refractivity contribution in [2.75, 3.05) is 27.4 Å². The zero-order valence-corrected chi connectivity index (χ0v) is 20.1. The van der Waals surface area contributed by atoms with Gasteiger partial charge in [-0.05, 0) is 48.7 Å². The van der Waals surface area contributed by atoms with Gasteiger partial charge in [-0.25, -0.2) is 13.1 Å². The number of benzene rings is 2. The van der Waals surface area contributed by atoms with E-state index in [-0.39, 0.29) is 23.9 Å². The van der Waals surface area contributed by atoms with Crippen LogP contribution in [0.5, 0.6) is 5.75 Å². The van der Waals surface area contributed by atoms with E-state index in [2.05, 4.69) is 15.6 Å². The lowest BCUT2D eigenvalue weighted by molar-refractivity contribution is -0.125. The number of hydrogen-bond acceptors (Lipinski definition) is 7. The first-order valence-corrected chi connectivity index (χ1v) is 12.6. The Morgan fingerprint density at radius 3 is 2.82 bits per heavy atom. The van der Waals surface area contributed by atoms with Gasteiger partial charge in [0.2, 0.25) is 15.9 Å². The zero-order chi connectivity index (χ0) is 24.1. The van der Waals surface area contributed by atoms with Crippen LogP contribution in [0.2, 0.25) is 0 Å². The quantitative estimate of drug-likeness (QED) is 0.490. The summed E-state index contributed by atoms with van der Waals surface area (Å²) in [5.41, 5.74) is 2.08. The second-order valence-electron chi connectivity index (χ2n) is 8.15. The van der Waals surface area contributed by atoms with Crippen LogP contribution in [0.3, 0.4) is 0 Å². The van der Waals surface area contributed by atoms with E-state index in [4.69, 9.17) is 9.47 Å². The van der Waals surface area contributed by atoms with E-state index in [1.165, 1.54) is 10.4 Å². The molecule has 11 heteroatoms. The van der Waals surface area contributed by atoms with Gasteiger partial charge < -0.3 is 14.8 Å². The molecule has 1 amide bonds. The molecule has 0 unspecified atom stereocenters. The van der Waals surface area contributed by atoms with E-state index in [0.717, 1.165) is 17.5 Å². The Labute approximate surface area is 198 Å². The number of carbonyl (C=O) groups excluding carboxylic acids is 1. The molecule has 0 aliphatic carbocycles. The summed E-state index contributed by atoms with van der Waals surface area (Å²) in [6.07, 6.45) is 1.96. The highest BCUT2D eigenvalue weighted by molar-refractivity contribution is 7.89. The third-order valence-electron chi connectivity index (χ3n) is 5.96. The van der Waals surface area contributed by atoms with Crippen molar-refractivity contribution in [3.63, 3.8) is 0 Å². The minimum atomic E-state index is -3.90. The van der Waals surface area contributed by atoms with Crippen molar-refractivity contribution in [3.05, 3.63) is 48.0 Å². The highest BCUT2D eigenvalue weighted by Crippen LogP contribution is 2.27. The van der Waals surface area contributed by atoms with E-state index in [9.17, 15) is 13.2 Å². The molecule has 2 heterocycles. The lowest BCUT2D eigenvalue weighted by Gasteiger charge is -2.33. The predicted octanol–water partition coefficient (Wildman–Crippen LogP) is 1.95. The molecular weight excluding hydrogens is 458 g/mol. The van der Waals surface area contributed by atoms with Crippen molar-refractivity contribution in [2.45, 2.75) is 43.3 Å². The highest BCUT2D eigenvalue weighted by atomic mass is 32.2. The lowest BCUT2D eigenvalue weighted by Crippen LogP contribution is -2.51. The lowest BCUT2D eigenvalue weighted by atomic mass is 10.0. The van der Waals surface area contributed by atoms with Crippen LogP contribution < -0.4 is 10.1 Å². The molecule has 1 fully saturated rings. The molecule has 1 N–H and O–H groups in total. The average molecular weight is 488 g/mol. The summed E-state index contributed by atoms with van der Waals surface area (Å²) in [4.78, 5) is 13.1. The summed E-state index contributed by atoms with van der Waals surface area (Å²) in [6.45, 7) is 1.56. The second-order valence-corrected chi connectivity index (χ2v) is 10.0. The summed E-state index contributed by atoms with van der Waals surface area (Å²) >= 11 is 0. The number of ether oxygens (including phenoxy) is 2. The van der Waals surface area contributed by atoms with Gasteiger partial charge in [0, 0.05) is 20.2 Å². The second kappa shape index (κ2) is 10.5. The fraction of sp³-hybridized carbons (Fsp3) is 0.435. The maximum absolute atomic E-state index is 13.5. The molecule has 0 saturated carbocycles. The molecule has 4 rings (SSSR count). The number of nitrogens with zero attached hydrogens (tertiary/aromatic N) is 4. The van der Waals surface area contributed by atoms with E-state index in [1.54, 1.807) is 31.0 Å². The van der Waals surface area contributed by atoms with Crippen LogP contribution in [0, 0.1) is 0 Å². The van der Waals surface area contributed by atoms with Crippen LogP contribution in [-0.4, -0.2) is 67.0 Å². The summed E-state index contributed by atoms with van der Waals surface area (Å²) in [7, 11) is -0.712. The minimum Gasteiger partial charge on any atom is -0.497 e. The summed E-state index contributed by atoms with van der Waals surface area (Å²) in [5, 5.41) is 11.1. The molecule has 0 spiro atoms. The van der Waals surface area contributed by atoms with Gasteiger partial charge in [-0.2, -0.15) is 4.31 Å². The SMILES string of the molecule is COCCn1nnc2cc(S(=O)(=O)N3CCCC[C@H]3C(=O)NCc3cccc(OC)c3)ccc21. The van der Waals surface area contributed by atoms with Gasteiger partial charge in [0.05, 0.1) is 30.7 Å². The number of amides is 1. The topological polar surface area (TPSA) is 116 Å². The third-order valence-corrected chi connectivity index (χ3v) is 7.86. The van der Waals surface area contributed by atoms with E-state index >= 15 is 0 Å². The normalized spacial score (nSPS) is 17.1. The summed E-state index contributed by atoms with van der Waals surface area (Å²) in [5.74, 6) is 0.390. The number of rotatable bonds is 9. The smallest absolute Gasteiger partial charge is 0.243 e. The molecular formula is C23H29N5O5S. The fourth-order valence-electron chi connectivity index (χ4n) is 4.13. The first-order valence-electron chi connectivity index (χ1n) is 11.2. The Bertz CT molecular complexity index is 1260. The first kappa shape index (κ1) is 24.1. The number of hydrogen-bond donors (Lipinski definition) is 1. The molecule has 2 aromatic carbocycles. The van der Waals surface area contributed by atoms with Crippen molar-refractivity contribution in [1.29, 1.82) is 0 Å². The predicted molar refractivity (Wildman–Crippen MR) is 126 cm³/mol. The van der Waals surface area contributed by atoms with Gasteiger partial charge in [-0.15, -0.1) is 5.10 Å². The summed E-state index contributed by atoms with van der Waals surface area (Å²) < 4.78 is 40.4. The molecule has 1 saturated heterocycles. The summed E-state index contributed by atoms with van der Waals surface area (Å²) in [6, 6.07) is 11.4. The average Bonchev–Trinajstić information content (AvgIpc) is 3.28. The minimum absolute atomic E-state index is 0.103. The Kier molecular flexibility index (Phi) is 7.44. The number of fused-ring (bicyclic) bond motifs is 1. The van der Waals surface area contributed by atoms with Gasteiger partial charge in [0.25, 0.3) is 0 Å². The molecule has 1 aliphatic rings. The number of methoxy groups -OCH3 is 2. The number of nitrogens with one attached hydrogen (secondary N) is 1. The largest absolute Gasteiger partial charge is 0.497 e. The van der Waals surface area contributed by atoms with Crippen molar-refractivity contribution in [3.8, 4) is 5.75 Å². The van der Waals surface area contributed by atoms with Crippen LogP contribution in [0.1, 0.15) is 24.8 Å². The number of sulfonamides is 1. The fourth-order valence-corrected chi connectivity index (χ4v) is 5.81. The van der Waals surface area contributed by atoms with Crippen molar-refractivity contribution < 1.29 is 22.7 Å². The van der Waals surface area contributed by atoms with Crippen molar-refractivity contribution >= 4 is 27.0 Å². The molecule has 34 heavy (non-hydrogen) atoms. The zero-order valence-electron chi connectivity index (χ0n) is 19.3. The third kappa shape index (κ3) is 5.06. The van der Waals surface area contributed by atoms with Gasteiger partial charge in [0.1, 0.15) is 17.3 Å². The highest BCUT2D eigenvalue weighted by Gasteiger charge is 2.37. The molecule has 10 nitrogen and oxygen atoms in total. The maximum atomic E-state index is 13.5. The van der Waals surface area contributed by atoms with E-state index in [1.807, 2.05) is 24.3 Å². The van der Waals surface area contributed by atoms with Crippen molar-refractivity contribution in [2.24, 2.45) is 0 Å². The number of carbonyl (C=O) groups is 1. The van der Waals surface area contributed by atoms with Gasteiger partial charge in [-0.1, -0.05) is 23.8 Å². The monoisotopic (exact) mass is 487 g/mol. The number of aromatic nitrogens is 3. The molecule has 1 aliphatic heterocycles. The molecule has 0 bridgehead atoms. The Balaban J connectivity index is 1.52. The molecule has 1 atom stereocenters. The van der Waals surface area contributed by atoms with Gasteiger partial charge >= 0.3 is 0 Å². The molecule has 1 aromatic heterocycles.